The van der Waals surface area contributed by atoms with Crippen LogP contribution in [0.1, 0.15) is 37.4 Å². The van der Waals surface area contributed by atoms with Crippen molar-refractivity contribution in [3.05, 3.63) is 58.6 Å². The fourth-order valence-electron chi connectivity index (χ4n) is 3.30. The Morgan fingerprint density at radius 1 is 1.22 bits per heavy atom. The van der Waals surface area contributed by atoms with Gasteiger partial charge in [0.1, 0.15) is 0 Å². The molecule has 120 valence electrons. The first-order valence-electron chi connectivity index (χ1n) is 7.88. The second-order valence-electron chi connectivity index (χ2n) is 6.24. The molecule has 2 aromatic rings. The van der Waals surface area contributed by atoms with Crippen LogP contribution in [0.25, 0.3) is 0 Å². The van der Waals surface area contributed by atoms with Crippen molar-refractivity contribution in [1.29, 1.82) is 0 Å². The van der Waals surface area contributed by atoms with Crippen LogP contribution < -0.4 is 10.2 Å². The van der Waals surface area contributed by atoms with E-state index in [2.05, 4.69) is 43.4 Å². The minimum Gasteiger partial charge on any atom is -0.378 e. The number of halogens is 1. The van der Waals surface area contributed by atoms with E-state index in [1.54, 1.807) is 6.92 Å². The van der Waals surface area contributed by atoms with Gasteiger partial charge in [-0.15, -0.1) is 0 Å². The lowest BCUT2D eigenvalue weighted by Gasteiger charge is -2.39. The number of fused-ring (bicyclic) bond motifs is 1. The third kappa shape index (κ3) is 3.20. The molecule has 0 fully saturated rings. The van der Waals surface area contributed by atoms with Gasteiger partial charge in [-0.2, -0.15) is 0 Å². The van der Waals surface area contributed by atoms with Gasteiger partial charge in [0.2, 0.25) is 5.91 Å². The molecule has 1 heterocycles. The third-order valence-electron chi connectivity index (χ3n) is 4.37. The maximum Gasteiger partial charge on any atom is 0.224 e. The summed E-state index contributed by atoms with van der Waals surface area (Å²) in [5.74, 6) is 0.0647. The Morgan fingerprint density at radius 2 is 1.91 bits per heavy atom. The summed E-state index contributed by atoms with van der Waals surface area (Å²) in [5.41, 5.74) is 4.34. The summed E-state index contributed by atoms with van der Waals surface area (Å²) in [5, 5.41) is 4.28. The van der Waals surface area contributed by atoms with Crippen molar-refractivity contribution >= 4 is 28.9 Å². The van der Waals surface area contributed by atoms with Gasteiger partial charge in [-0.05, 0) is 56.2 Å². The second-order valence-corrected chi connectivity index (χ2v) is 6.68. The zero-order chi connectivity index (χ0) is 16.6. The summed E-state index contributed by atoms with van der Waals surface area (Å²) < 4.78 is 0. The number of benzene rings is 2. The van der Waals surface area contributed by atoms with E-state index < -0.39 is 0 Å². The van der Waals surface area contributed by atoms with Crippen molar-refractivity contribution < 1.29 is 4.79 Å². The van der Waals surface area contributed by atoms with Gasteiger partial charge in [0.25, 0.3) is 0 Å². The molecule has 0 saturated heterocycles. The average molecular weight is 329 g/mol. The number of carbonyl (C=O) groups is 1. The molecule has 0 aliphatic carbocycles. The summed E-state index contributed by atoms with van der Waals surface area (Å²) in [4.78, 5) is 13.9. The molecule has 0 radical (unpaired) electrons. The highest BCUT2D eigenvalue weighted by Crippen LogP contribution is 2.40. The number of carbonyl (C=O) groups excluding carboxylic acids is 1. The highest BCUT2D eigenvalue weighted by molar-refractivity contribution is 6.30. The first-order chi connectivity index (χ1) is 11.0. The first kappa shape index (κ1) is 15.9. The van der Waals surface area contributed by atoms with Gasteiger partial charge in [0.15, 0.2) is 0 Å². The van der Waals surface area contributed by atoms with Crippen LogP contribution in [0.4, 0.5) is 11.4 Å². The molecule has 1 aliphatic rings. The Labute approximate surface area is 142 Å². The number of nitrogens with zero attached hydrogens (tertiary/aromatic N) is 1. The second kappa shape index (κ2) is 6.25. The van der Waals surface area contributed by atoms with Gasteiger partial charge in [-0.1, -0.05) is 29.3 Å². The summed E-state index contributed by atoms with van der Waals surface area (Å²) in [7, 11) is 0. The van der Waals surface area contributed by atoms with E-state index in [-0.39, 0.29) is 18.0 Å². The van der Waals surface area contributed by atoms with Crippen molar-refractivity contribution in [3.8, 4) is 0 Å². The standard InChI is InChI=1S/C19H21ClN2O/c1-12-4-7-16(8-5-12)21-18-10-13(2)22(14(3)23)19-9-6-15(20)11-17(18)19/h4-9,11,13,18,21H,10H2,1-3H3. The minimum absolute atomic E-state index is 0.0647. The Morgan fingerprint density at radius 3 is 2.57 bits per heavy atom. The van der Waals surface area contributed by atoms with Crippen LogP contribution in [0, 0.1) is 6.92 Å². The molecule has 3 nitrogen and oxygen atoms in total. The molecule has 4 heteroatoms. The van der Waals surface area contributed by atoms with Crippen LogP contribution in [-0.4, -0.2) is 11.9 Å². The largest absolute Gasteiger partial charge is 0.378 e. The molecule has 2 atom stereocenters. The van der Waals surface area contributed by atoms with Crippen molar-refractivity contribution in [2.75, 3.05) is 10.2 Å². The number of rotatable bonds is 2. The average Bonchev–Trinajstić information content (AvgIpc) is 2.49. The predicted octanol–water partition coefficient (Wildman–Crippen LogP) is 4.95. The number of amides is 1. The van der Waals surface area contributed by atoms with Crippen molar-refractivity contribution in [2.45, 2.75) is 39.3 Å². The van der Waals surface area contributed by atoms with E-state index in [0.29, 0.717) is 5.02 Å². The lowest BCUT2D eigenvalue weighted by molar-refractivity contribution is -0.117. The Kier molecular flexibility index (Phi) is 4.31. The molecular weight excluding hydrogens is 308 g/mol. The molecular formula is C19H21ClN2O. The molecule has 2 aromatic carbocycles. The maximum absolute atomic E-state index is 12.0. The lowest BCUT2D eigenvalue weighted by Crippen LogP contribution is -2.43. The van der Waals surface area contributed by atoms with Crippen LogP contribution in [0.5, 0.6) is 0 Å². The van der Waals surface area contributed by atoms with E-state index in [1.807, 2.05) is 23.1 Å². The Bertz CT molecular complexity index is 727. The number of nitrogens with one attached hydrogen (secondary N) is 1. The van der Waals surface area contributed by atoms with Gasteiger partial charge in [0, 0.05) is 29.4 Å². The fourth-order valence-corrected chi connectivity index (χ4v) is 3.48. The van der Waals surface area contributed by atoms with Crippen LogP contribution in [-0.2, 0) is 4.79 Å². The highest BCUT2D eigenvalue weighted by atomic mass is 35.5. The van der Waals surface area contributed by atoms with Crippen LogP contribution in [0.15, 0.2) is 42.5 Å². The number of anilines is 2. The molecule has 0 spiro atoms. The molecule has 1 amide bonds. The summed E-state index contributed by atoms with van der Waals surface area (Å²) >= 11 is 6.20. The topological polar surface area (TPSA) is 32.3 Å². The first-order valence-corrected chi connectivity index (χ1v) is 8.26. The fraction of sp³-hybridized carbons (Fsp3) is 0.316. The van der Waals surface area contributed by atoms with E-state index in [1.165, 1.54) is 5.56 Å². The van der Waals surface area contributed by atoms with Gasteiger partial charge in [0.05, 0.1) is 6.04 Å². The maximum atomic E-state index is 12.0. The van der Waals surface area contributed by atoms with Gasteiger partial charge in [-0.25, -0.2) is 0 Å². The van der Waals surface area contributed by atoms with Crippen molar-refractivity contribution in [2.24, 2.45) is 0 Å². The lowest BCUT2D eigenvalue weighted by atomic mass is 9.91. The van der Waals surface area contributed by atoms with Gasteiger partial charge in [-0.3, -0.25) is 4.79 Å². The monoisotopic (exact) mass is 328 g/mol. The molecule has 0 saturated carbocycles. The minimum atomic E-state index is 0.0647. The van der Waals surface area contributed by atoms with E-state index in [0.717, 1.165) is 23.4 Å². The number of aryl methyl sites for hydroxylation is 1. The molecule has 1 N–H and O–H groups in total. The van der Waals surface area contributed by atoms with Gasteiger partial charge >= 0.3 is 0 Å². The Balaban J connectivity index is 1.98. The number of hydrogen-bond acceptors (Lipinski definition) is 2. The third-order valence-corrected chi connectivity index (χ3v) is 4.61. The van der Waals surface area contributed by atoms with Crippen LogP contribution in [0.3, 0.4) is 0 Å². The van der Waals surface area contributed by atoms with E-state index in [9.17, 15) is 4.79 Å². The smallest absolute Gasteiger partial charge is 0.224 e. The van der Waals surface area contributed by atoms with Crippen molar-refractivity contribution in [1.82, 2.24) is 0 Å². The quantitative estimate of drug-likeness (QED) is 0.846. The predicted molar refractivity (Wildman–Crippen MR) is 96.2 cm³/mol. The zero-order valence-corrected chi connectivity index (χ0v) is 14.4. The highest BCUT2D eigenvalue weighted by Gasteiger charge is 2.32. The molecule has 3 rings (SSSR count). The van der Waals surface area contributed by atoms with E-state index >= 15 is 0 Å². The summed E-state index contributed by atoms with van der Waals surface area (Å²) in [6.45, 7) is 5.78. The Hall–Kier alpha value is -2.00. The normalized spacial score (nSPS) is 20.1. The molecule has 0 bridgehead atoms. The summed E-state index contributed by atoms with van der Waals surface area (Å²) in [6, 6.07) is 14.4. The molecule has 0 aromatic heterocycles. The zero-order valence-electron chi connectivity index (χ0n) is 13.6. The summed E-state index contributed by atoms with van der Waals surface area (Å²) in [6.07, 6.45) is 0.848. The number of hydrogen-bond donors (Lipinski definition) is 1. The molecule has 2 unspecified atom stereocenters. The van der Waals surface area contributed by atoms with Crippen LogP contribution in [0.2, 0.25) is 5.02 Å². The van der Waals surface area contributed by atoms with Crippen molar-refractivity contribution in [3.63, 3.8) is 0 Å². The van der Waals surface area contributed by atoms with E-state index in [4.69, 9.17) is 11.6 Å². The molecule has 1 aliphatic heterocycles. The SMILES string of the molecule is CC(=O)N1c2ccc(Cl)cc2C(Nc2ccc(C)cc2)CC1C. The van der Waals surface area contributed by atoms with Gasteiger partial charge < -0.3 is 10.2 Å². The van der Waals surface area contributed by atoms with Crippen LogP contribution >= 0.6 is 11.6 Å². The molecule has 23 heavy (non-hydrogen) atoms.